The molecule has 2 aromatic carbocycles. The van der Waals surface area contributed by atoms with E-state index in [9.17, 15) is 4.39 Å². The van der Waals surface area contributed by atoms with Gasteiger partial charge in [-0.05, 0) is 31.5 Å². The Labute approximate surface area is 118 Å². The fourth-order valence-electron chi connectivity index (χ4n) is 2.50. The lowest BCUT2D eigenvalue weighted by Crippen LogP contribution is -2.30. The molecule has 0 bridgehead atoms. The number of ether oxygens (including phenoxy) is 1. The summed E-state index contributed by atoms with van der Waals surface area (Å²) >= 11 is 0. The number of hydrazine groups is 1. The molecule has 0 aliphatic rings. The van der Waals surface area contributed by atoms with Gasteiger partial charge in [0, 0.05) is 0 Å². The van der Waals surface area contributed by atoms with Crippen LogP contribution in [0.5, 0.6) is 5.75 Å². The number of methoxy groups -OCH3 is 1. The highest BCUT2D eigenvalue weighted by Crippen LogP contribution is 2.32. The van der Waals surface area contributed by atoms with Crippen molar-refractivity contribution in [2.75, 3.05) is 7.11 Å². The van der Waals surface area contributed by atoms with Gasteiger partial charge in [-0.2, -0.15) is 0 Å². The number of rotatable bonds is 4. The minimum Gasteiger partial charge on any atom is -0.496 e. The number of benzene rings is 2. The summed E-state index contributed by atoms with van der Waals surface area (Å²) < 4.78 is 19.4. The molecule has 0 fully saturated rings. The maximum Gasteiger partial charge on any atom is 0.132 e. The van der Waals surface area contributed by atoms with E-state index in [1.165, 1.54) is 13.2 Å². The highest BCUT2D eigenvalue weighted by atomic mass is 19.1. The van der Waals surface area contributed by atoms with E-state index in [1.54, 1.807) is 12.1 Å². The van der Waals surface area contributed by atoms with Crippen molar-refractivity contribution in [1.29, 1.82) is 0 Å². The molecule has 2 aromatic rings. The number of nitrogens with two attached hydrogens (primary N) is 1. The van der Waals surface area contributed by atoms with Crippen LogP contribution in [-0.2, 0) is 0 Å². The number of hydrogen-bond acceptors (Lipinski definition) is 3. The Morgan fingerprint density at radius 3 is 2.35 bits per heavy atom. The highest BCUT2D eigenvalue weighted by Gasteiger charge is 2.21. The Morgan fingerprint density at radius 1 is 1.15 bits per heavy atom. The maximum atomic E-state index is 14.2. The normalized spacial score (nSPS) is 12.2. The van der Waals surface area contributed by atoms with Crippen LogP contribution in [0.2, 0.25) is 0 Å². The average molecular weight is 274 g/mol. The minimum absolute atomic E-state index is 0.341. The summed E-state index contributed by atoms with van der Waals surface area (Å²) in [4.78, 5) is 0. The molecular weight excluding hydrogens is 255 g/mol. The Balaban J connectivity index is 2.58. The van der Waals surface area contributed by atoms with Gasteiger partial charge in [-0.3, -0.25) is 5.84 Å². The van der Waals surface area contributed by atoms with E-state index in [0.29, 0.717) is 11.3 Å². The molecule has 1 atom stereocenters. The first-order chi connectivity index (χ1) is 9.56. The van der Waals surface area contributed by atoms with E-state index >= 15 is 0 Å². The average Bonchev–Trinajstić information content (AvgIpc) is 2.40. The van der Waals surface area contributed by atoms with Crippen molar-refractivity contribution in [3.05, 3.63) is 64.5 Å². The number of halogens is 1. The van der Waals surface area contributed by atoms with Gasteiger partial charge in [-0.15, -0.1) is 0 Å². The fraction of sp³-hybridized carbons (Fsp3) is 0.250. The SMILES string of the molecule is COc1cccc(F)c1C(NN)c1cc(C)cc(C)c1. The molecule has 0 saturated carbocycles. The lowest BCUT2D eigenvalue weighted by atomic mass is 9.95. The van der Waals surface area contributed by atoms with Crippen molar-refractivity contribution in [3.63, 3.8) is 0 Å². The Hall–Kier alpha value is -1.91. The molecule has 20 heavy (non-hydrogen) atoms. The predicted octanol–water partition coefficient (Wildman–Crippen LogP) is 3.00. The first kappa shape index (κ1) is 14.5. The standard InChI is InChI=1S/C16H19FN2O/c1-10-7-11(2)9-12(8-10)16(19-18)15-13(17)5-4-6-14(15)20-3/h4-9,16,19H,18H2,1-3H3. The van der Waals surface area contributed by atoms with Gasteiger partial charge in [0.15, 0.2) is 0 Å². The zero-order chi connectivity index (χ0) is 14.7. The first-order valence-electron chi connectivity index (χ1n) is 6.43. The second kappa shape index (κ2) is 6.03. The van der Waals surface area contributed by atoms with Crippen LogP contribution in [0.4, 0.5) is 4.39 Å². The predicted molar refractivity (Wildman–Crippen MR) is 78.0 cm³/mol. The number of hydrogen-bond donors (Lipinski definition) is 2. The van der Waals surface area contributed by atoms with Crippen LogP contribution < -0.4 is 16.0 Å². The second-order valence-corrected chi connectivity index (χ2v) is 4.88. The molecule has 4 heteroatoms. The molecule has 3 N–H and O–H groups in total. The zero-order valence-electron chi connectivity index (χ0n) is 11.9. The van der Waals surface area contributed by atoms with Crippen LogP contribution in [-0.4, -0.2) is 7.11 Å². The van der Waals surface area contributed by atoms with Crippen molar-refractivity contribution in [1.82, 2.24) is 5.43 Å². The summed E-state index contributed by atoms with van der Waals surface area (Å²) in [5, 5.41) is 0. The van der Waals surface area contributed by atoms with Gasteiger partial charge in [-0.1, -0.05) is 35.4 Å². The van der Waals surface area contributed by atoms with Crippen molar-refractivity contribution in [2.45, 2.75) is 19.9 Å². The Morgan fingerprint density at radius 2 is 1.80 bits per heavy atom. The maximum absolute atomic E-state index is 14.2. The molecular formula is C16H19FN2O. The molecule has 0 aromatic heterocycles. The van der Waals surface area contributed by atoms with Crippen molar-refractivity contribution in [2.24, 2.45) is 5.84 Å². The van der Waals surface area contributed by atoms with Gasteiger partial charge in [0.25, 0.3) is 0 Å². The third kappa shape index (κ3) is 2.81. The van der Waals surface area contributed by atoms with Gasteiger partial charge in [0.2, 0.25) is 0 Å². The van der Waals surface area contributed by atoms with Crippen LogP contribution in [0.3, 0.4) is 0 Å². The Bertz CT molecular complexity index is 593. The van der Waals surface area contributed by atoms with E-state index in [-0.39, 0.29) is 5.82 Å². The molecule has 3 nitrogen and oxygen atoms in total. The van der Waals surface area contributed by atoms with Gasteiger partial charge in [0.1, 0.15) is 11.6 Å². The van der Waals surface area contributed by atoms with Gasteiger partial charge in [0.05, 0.1) is 18.7 Å². The van der Waals surface area contributed by atoms with Crippen molar-refractivity contribution < 1.29 is 9.13 Å². The van der Waals surface area contributed by atoms with E-state index in [4.69, 9.17) is 10.6 Å². The minimum atomic E-state index is -0.454. The van der Waals surface area contributed by atoms with Gasteiger partial charge in [-0.25, -0.2) is 9.82 Å². The molecule has 0 radical (unpaired) electrons. The molecule has 2 rings (SSSR count). The Kier molecular flexibility index (Phi) is 4.37. The monoisotopic (exact) mass is 274 g/mol. The van der Waals surface area contributed by atoms with Crippen LogP contribution in [0.15, 0.2) is 36.4 Å². The number of aryl methyl sites for hydroxylation is 2. The van der Waals surface area contributed by atoms with E-state index in [2.05, 4.69) is 11.5 Å². The lowest BCUT2D eigenvalue weighted by molar-refractivity contribution is 0.397. The molecule has 0 aliphatic carbocycles. The third-order valence-electron chi connectivity index (χ3n) is 3.27. The smallest absolute Gasteiger partial charge is 0.132 e. The van der Waals surface area contributed by atoms with E-state index in [0.717, 1.165) is 16.7 Å². The summed E-state index contributed by atoms with van der Waals surface area (Å²) in [6.45, 7) is 4.01. The van der Waals surface area contributed by atoms with Crippen LogP contribution >= 0.6 is 0 Å². The topological polar surface area (TPSA) is 47.3 Å². The number of nitrogens with one attached hydrogen (secondary N) is 1. The summed E-state index contributed by atoms with van der Waals surface area (Å²) in [6.07, 6.45) is 0. The summed E-state index contributed by atoms with van der Waals surface area (Å²) in [6, 6.07) is 10.3. The molecule has 0 heterocycles. The highest BCUT2D eigenvalue weighted by molar-refractivity contribution is 5.44. The third-order valence-corrected chi connectivity index (χ3v) is 3.27. The molecule has 0 amide bonds. The summed E-state index contributed by atoms with van der Waals surface area (Å²) in [5.74, 6) is 5.79. The van der Waals surface area contributed by atoms with Crippen LogP contribution in [0.25, 0.3) is 0 Å². The summed E-state index contributed by atoms with van der Waals surface area (Å²) in [7, 11) is 1.52. The molecule has 0 saturated heterocycles. The van der Waals surface area contributed by atoms with Crippen LogP contribution in [0, 0.1) is 19.7 Å². The van der Waals surface area contributed by atoms with Gasteiger partial charge >= 0.3 is 0 Å². The molecule has 106 valence electrons. The quantitative estimate of drug-likeness (QED) is 0.665. The first-order valence-corrected chi connectivity index (χ1v) is 6.43. The van der Waals surface area contributed by atoms with Crippen LogP contribution in [0.1, 0.15) is 28.3 Å². The lowest BCUT2D eigenvalue weighted by Gasteiger charge is -2.21. The largest absolute Gasteiger partial charge is 0.496 e. The second-order valence-electron chi connectivity index (χ2n) is 4.88. The van der Waals surface area contributed by atoms with Gasteiger partial charge < -0.3 is 4.74 Å². The van der Waals surface area contributed by atoms with Crippen molar-refractivity contribution >= 4 is 0 Å². The molecule has 0 aliphatic heterocycles. The van der Waals surface area contributed by atoms with E-state index in [1.807, 2.05) is 26.0 Å². The zero-order valence-corrected chi connectivity index (χ0v) is 11.9. The summed E-state index contributed by atoms with van der Waals surface area (Å²) in [5.41, 5.74) is 6.23. The fourth-order valence-corrected chi connectivity index (χ4v) is 2.50. The molecule has 1 unspecified atom stereocenters. The van der Waals surface area contributed by atoms with E-state index < -0.39 is 6.04 Å². The van der Waals surface area contributed by atoms with Crippen molar-refractivity contribution in [3.8, 4) is 5.75 Å². The molecule has 0 spiro atoms.